The second-order valence-corrected chi connectivity index (χ2v) is 3.58. The summed E-state index contributed by atoms with van der Waals surface area (Å²) in [5, 5.41) is 14.5. The molecule has 0 saturated heterocycles. The number of rotatable bonds is 3. The number of tetrazole rings is 1. The quantitative estimate of drug-likeness (QED) is 0.887. The van der Waals surface area contributed by atoms with Gasteiger partial charge >= 0.3 is 0 Å². The summed E-state index contributed by atoms with van der Waals surface area (Å²) >= 11 is 5.56. The van der Waals surface area contributed by atoms with Crippen LogP contribution < -0.4 is 5.32 Å². The van der Waals surface area contributed by atoms with E-state index in [1.165, 1.54) is 16.9 Å². The first-order valence-corrected chi connectivity index (χ1v) is 4.95. The fourth-order valence-electron chi connectivity index (χ4n) is 1.18. The van der Waals surface area contributed by atoms with Gasteiger partial charge in [0.1, 0.15) is 5.82 Å². The van der Waals surface area contributed by atoms with E-state index in [4.69, 9.17) is 11.6 Å². The van der Waals surface area contributed by atoms with E-state index in [9.17, 15) is 4.39 Å². The number of aromatic nitrogens is 4. The lowest BCUT2D eigenvalue weighted by Gasteiger charge is -2.03. The number of halogens is 2. The molecule has 1 aromatic carbocycles. The number of nitrogens with one attached hydrogen (secondary N) is 1. The molecule has 1 N–H and O–H groups in total. The van der Waals surface area contributed by atoms with Gasteiger partial charge in [0.25, 0.3) is 0 Å². The molecular weight excluding hydrogens is 233 g/mol. The maximum Gasteiger partial charge on any atom is 0.193 e. The maximum absolute atomic E-state index is 13.1. The third kappa shape index (κ3) is 2.46. The molecule has 0 unspecified atom stereocenters. The molecule has 0 spiro atoms. The number of nitrogens with zero attached hydrogens (tertiary/aromatic N) is 4. The minimum atomic E-state index is -0.459. The van der Waals surface area contributed by atoms with Gasteiger partial charge in [-0.25, -0.2) is 4.39 Å². The molecule has 7 heteroatoms. The van der Waals surface area contributed by atoms with Crippen molar-refractivity contribution in [2.45, 2.75) is 6.54 Å². The van der Waals surface area contributed by atoms with Crippen molar-refractivity contribution >= 4 is 17.3 Å². The van der Waals surface area contributed by atoms with Crippen molar-refractivity contribution < 1.29 is 4.39 Å². The predicted molar refractivity (Wildman–Crippen MR) is 57.5 cm³/mol. The molecule has 0 aliphatic rings. The van der Waals surface area contributed by atoms with Crippen LogP contribution in [-0.2, 0) is 13.6 Å². The molecular formula is C9H9ClFN5. The van der Waals surface area contributed by atoms with E-state index in [1.54, 1.807) is 13.1 Å². The van der Waals surface area contributed by atoms with E-state index >= 15 is 0 Å². The van der Waals surface area contributed by atoms with Gasteiger partial charge in [-0.2, -0.15) is 4.80 Å². The molecule has 0 radical (unpaired) electrons. The molecule has 2 aromatic rings. The van der Waals surface area contributed by atoms with Crippen LogP contribution in [0.15, 0.2) is 18.2 Å². The topological polar surface area (TPSA) is 55.6 Å². The Morgan fingerprint density at radius 1 is 1.50 bits per heavy atom. The van der Waals surface area contributed by atoms with Crippen molar-refractivity contribution in [1.82, 2.24) is 20.2 Å². The van der Waals surface area contributed by atoms with Gasteiger partial charge in [0.15, 0.2) is 5.82 Å². The first kappa shape index (κ1) is 10.8. The number of hydrogen-bond acceptors (Lipinski definition) is 4. The molecule has 0 saturated carbocycles. The standard InChI is InChI=1S/C9H9ClFN5/c1-16-14-9(13-15-16)5-12-6-2-3-7(10)8(11)4-6/h2-4,12H,5H2,1H3. The van der Waals surface area contributed by atoms with Gasteiger partial charge in [-0.15, -0.1) is 10.2 Å². The zero-order chi connectivity index (χ0) is 11.5. The van der Waals surface area contributed by atoms with Gasteiger partial charge in [0.2, 0.25) is 0 Å². The summed E-state index contributed by atoms with van der Waals surface area (Å²) in [6.45, 7) is 0.384. The molecule has 16 heavy (non-hydrogen) atoms. The second-order valence-electron chi connectivity index (χ2n) is 3.18. The minimum Gasteiger partial charge on any atom is -0.378 e. The highest BCUT2D eigenvalue weighted by atomic mass is 35.5. The smallest absolute Gasteiger partial charge is 0.193 e. The summed E-state index contributed by atoms with van der Waals surface area (Å²) in [7, 11) is 1.68. The average Bonchev–Trinajstić information content (AvgIpc) is 2.66. The predicted octanol–water partition coefficient (Wildman–Crippen LogP) is 1.61. The van der Waals surface area contributed by atoms with Crippen LogP contribution in [0.3, 0.4) is 0 Å². The average molecular weight is 242 g/mol. The molecule has 5 nitrogen and oxygen atoms in total. The normalized spacial score (nSPS) is 10.4. The highest BCUT2D eigenvalue weighted by molar-refractivity contribution is 6.30. The van der Waals surface area contributed by atoms with Crippen molar-refractivity contribution in [3.05, 3.63) is 34.9 Å². The number of aryl methyl sites for hydroxylation is 1. The molecule has 0 atom stereocenters. The van der Waals surface area contributed by atoms with Crippen molar-refractivity contribution in [2.75, 3.05) is 5.32 Å². The molecule has 0 fully saturated rings. The van der Waals surface area contributed by atoms with Gasteiger partial charge < -0.3 is 5.32 Å². The van der Waals surface area contributed by atoms with Crippen molar-refractivity contribution in [3.8, 4) is 0 Å². The van der Waals surface area contributed by atoms with Crippen molar-refractivity contribution in [1.29, 1.82) is 0 Å². The Morgan fingerprint density at radius 2 is 2.31 bits per heavy atom. The molecule has 2 rings (SSSR count). The van der Waals surface area contributed by atoms with E-state index < -0.39 is 5.82 Å². The minimum absolute atomic E-state index is 0.100. The molecule has 0 aliphatic heterocycles. The first-order valence-electron chi connectivity index (χ1n) is 4.57. The second kappa shape index (κ2) is 4.44. The monoisotopic (exact) mass is 241 g/mol. The summed E-state index contributed by atoms with van der Waals surface area (Å²) in [5.74, 6) is 0.0802. The molecule has 1 heterocycles. The third-order valence-corrected chi connectivity index (χ3v) is 2.23. The zero-order valence-corrected chi connectivity index (χ0v) is 9.24. The SMILES string of the molecule is Cn1nnc(CNc2ccc(Cl)c(F)c2)n1. The van der Waals surface area contributed by atoms with E-state index in [-0.39, 0.29) is 5.02 Å². The Hall–Kier alpha value is -1.69. The summed E-state index contributed by atoms with van der Waals surface area (Å²) in [4.78, 5) is 1.36. The zero-order valence-electron chi connectivity index (χ0n) is 8.48. The van der Waals surface area contributed by atoms with Gasteiger partial charge in [-0.1, -0.05) is 11.6 Å². The van der Waals surface area contributed by atoms with Crippen LogP contribution in [0.25, 0.3) is 0 Å². The van der Waals surface area contributed by atoms with Crippen LogP contribution in [0.5, 0.6) is 0 Å². The van der Waals surface area contributed by atoms with Crippen molar-refractivity contribution in [3.63, 3.8) is 0 Å². The summed E-state index contributed by atoms with van der Waals surface area (Å²) < 4.78 is 13.1. The van der Waals surface area contributed by atoms with Gasteiger partial charge in [-0.05, 0) is 23.4 Å². The molecule has 0 bridgehead atoms. The fraction of sp³-hybridized carbons (Fsp3) is 0.222. The Kier molecular flexibility index (Phi) is 3.00. The molecule has 0 aliphatic carbocycles. The van der Waals surface area contributed by atoms with Gasteiger partial charge in [0.05, 0.1) is 18.6 Å². The summed E-state index contributed by atoms with van der Waals surface area (Å²) in [6.07, 6.45) is 0. The van der Waals surface area contributed by atoms with E-state index in [2.05, 4.69) is 20.7 Å². The Balaban J connectivity index is 2.02. The Labute approximate surface area is 96.2 Å². The molecule has 84 valence electrons. The van der Waals surface area contributed by atoms with E-state index in [1.807, 2.05) is 0 Å². The molecule has 1 aromatic heterocycles. The lowest BCUT2D eigenvalue weighted by molar-refractivity contribution is 0.627. The van der Waals surface area contributed by atoms with Crippen LogP contribution in [0.1, 0.15) is 5.82 Å². The third-order valence-electron chi connectivity index (χ3n) is 1.92. The number of hydrogen-bond donors (Lipinski definition) is 1. The lowest BCUT2D eigenvalue weighted by atomic mass is 10.3. The Bertz CT molecular complexity index is 498. The van der Waals surface area contributed by atoms with Crippen LogP contribution in [0.4, 0.5) is 10.1 Å². The molecule has 0 amide bonds. The Morgan fingerprint density at radius 3 is 2.94 bits per heavy atom. The van der Waals surface area contributed by atoms with Crippen molar-refractivity contribution in [2.24, 2.45) is 7.05 Å². The van der Waals surface area contributed by atoms with Crippen LogP contribution in [-0.4, -0.2) is 20.2 Å². The largest absolute Gasteiger partial charge is 0.378 e. The highest BCUT2D eigenvalue weighted by Gasteiger charge is 2.03. The summed E-state index contributed by atoms with van der Waals surface area (Å²) in [5.41, 5.74) is 0.620. The first-order chi connectivity index (χ1) is 7.65. The summed E-state index contributed by atoms with van der Waals surface area (Å²) in [6, 6.07) is 4.49. The lowest BCUT2D eigenvalue weighted by Crippen LogP contribution is -2.02. The van der Waals surface area contributed by atoms with E-state index in [0.29, 0.717) is 18.1 Å². The highest BCUT2D eigenvalue weighted by Crippen LogP contribution is 2.18. The van der Waals surface area contributed by atoms with Crippen LogP contribution >= 0.6 is 11.6 Å². The van der Waals surface area contributed by atoms with Gasteiger partial charge in [0, 0.05) is 5.69 Å². The van der Waals surface area contributed by atoms with Crippen LogP contribution in [0, 0.1) is 5.82 Å². The maximum atomic E-state index is 13.1. The number of anilines is 1. The van der Waals surface area contributed by atoms with Crippen LogP contribution in [0.2, 0.25) is 5.02 Å². The number of benzene rings is 1. The van der Waals surface area contributed by atoms with E-state index in [0.717, 1.165) is 0 Å². The van der Waals surface area contributed by atoms with Gasteiger partial charge in [-0.3, -0.25) is 0 Å². The fourth-order valence-corrected chi connectivity index (χ4v) is 1.30.